The molecule has 7 heteroatoms. The minimum Gasteiger partial charge on any atom is -0.508 e. The van der Waals surface area contributed by atoms with Crippen LogP contribution in [0.3, 0.4) is 0 Å². The van der Waals surface area contributed by atoms with Crippen LogP contribution in [0.2, 0.25) is 0 Å². The van der Waals surface area contributed by atoms with Gasteiger partial charge in [0.1, 0.15) is 17.1 Å². The van der Waals surface area contributed by atoms with E-state index in [1.165, 1.54) is 12.1 Å². The number of carbonyl (C=O) groups excluding carboxylic acids is 1. The molecule has 156 valence electrons. The van der Waals surface area contributed by atoms with Crippen LogP contribution < -0.4 is 4.74 Å². The van der Waals surface area contributed by atoms with Crippen LogP contribution in [0.4, 0.5) is 0 Å². The molecule has 2 aromatic carbocycles. The number of ether oxygens (including phenoxy) is 1. The van der Waals surface area contributed by atoms with Crippen molar-refractivity contribution < 1.29 is 24.5 Å². The first-order valence-corrected chi connectivity index (χ1v) is 9.62. The van der Waals surface area contributed by atoms with Crippen LogP contribution in [0.15, 0.2) is 60.7 Å². The number of hydrogen-bond donors (Lipinski definition) is 2. The smallest absolute Gasteiger partial charge is 0.341 e. The quantitative estimate of drug-likeness (QED) is 0.460. The Kier molecular flexibility index (Phi) is 5.17. The van der Waals surface area contributed by atoms with E-state index >= 15 is 0 Å². The number of pyridine rings is 1. The van der Waals surface area contributed by atoms with Crippen molar-refractivity contribution in [1.82, 2.24) is 9.55 Å². The van der Waals surface area contributed by atoms with E-state index < -0.39 is 12.6 Å². The van der Waals surface area contributed by atoms with E-state index in [0.29, 0.717) is 39.3 Å². The minimum absolute atomic E-state index is 0.0890. The molecule has 4 rings (SSSR count). The van der Waals surface area contributed by atoms with Crippen molar-refractivity contribution in [3.63, 3.8) is 0 Å². The number of ketones is 1. The van der Waals surface area contributed by atoms with Gasteiger partial charge >= 0.3 is 5.97 Å². The molecule has 2 N–H and O–H groups in total. The Morgan fingerprint density at radius 1 is 1.03 bits per heavy atom. The third-order valence-electron chi connectivity index (χ3n) is 4.99. The zero-order valence-corrected chi connectivity index (χ0v) is 17.0. The molecular weight excluding hydrogens is 396 g/mol. The Labute approximate surface area is 178 Å². The van der Waals surface area contributed by atoms with Crippen LogP contribution in [0, 0.1) is 13.8 Å². The number of benzene rings is 2. The summed E-state index contributed by atoms with van der Waals surface area (Å²) in [4.78, 5) is 28.9. The Hall–Kier alpha value is -4.13. The summed E-state index contributed by atoms with van der Waals surface area (Å²) in [5, 5.41) is 19.1. The maximum Gasteiger partial charge on any atom is 0.341 e. The van der Waals surface area contributed by atoms with Crippen LogP contribution in [-0.2, 0) is 4.79 Å². The fourth-order valence-electron chi connectivity index (χ4n) is 3.59. The number of fused-ring (bicyclic) bond motifs is 1. The first kappa shape index (κ1) is 20.2. The third kappa shape index (κ3) is 3.85. The molecule has 4 aromatic rings. The second-order valence-corrected chi connectivity index (χ2v) is 7.18. The van der Waals surface area contributed by atoms with Crippen molar-refractivity contribution >= 4 is 22.8 Å². The fraction of sp³-hybridized carbons (Fsp3) is 0.125. The maximum atomic E-state index is 13.4. The average molecular weight is 416 g/mol. The zero-order chi connectivity index (χ0) is 22.1. The molecule has 0 aliphatic heterocycles. The summed E-state index contributed by atoms with van der Waals surface area (Å²) in [6.07, 6.45) is 0. The van der Waals surface area contributed by atoms with Gasteiger partial charge in [-0.3, -0.25) is 9.36 Å². The van der Waals surface area contributed by atoms with Crippen molar-refractivity contribution in [1.29, 1.82) is 0 Å². The van der Waals surface area contributed by atoms with Crippen molar-refractivity contribution in [2.75, 3.05) is 6.61 Å². The molecule has 2 heterocycles. The van der Waals surface area contributed by atoms with Crippen molar-refractivity contribution in [2.24, 2.45) is 0 Å². The molecule has 0 fully saturated rings. The van der Waals surface area contributed by atoms with Crippen LogP contribution in [0.5, 0.6) is 11.5 Å². The van der Waals surface area contributed by atoms with Gasteiger partial charge in [-0.1, -0.05) is 6.07 Å². The van der Waals surface area contributed by atoms with Crippen LogP contribution in [0.1, 0.15) is 27.3 Å². The average Bonchev–Trinajstić information content (AvgIpc) is 3.03. The predicted molar refractivity (Wildman–Crippen MR) is 115 cm³/mol. The number of nitrogens with zero attached hydrogens (tertiary/aromatic N) is 2. The number of hydrogen-bond acceptors (Lipinski definition) is 5. The molecule has 2 aromatic heterocycles. The SMILES string of the molecule is Cc1ccc2c(C(=O)c3ccc(O)cc3)c(C)n(-c3cccc(OCC(=O)O)c3)c2n1. The molecule has 0 aliphatic carbocycles. The number of rotatable bonds is 6. The molecule has 0 spiro atoms. The number of aliphatic carboxylic acids is 1. The summed E-state index contributed by atoms with van der Waals surface area (Å²) in [5.41, 5.74) is 3.79. The Balaban J connectivity index is 1.89. The number of aromatic nitrogens is 2. The normalized spacial score (nSPS) is 10.9. The molecule has 7 nitrogen and oxygen atoms in total. The van der Waals surface area contributed by atoms with Gasteiger partial charge in [0.05, 0.1) is 11.3 Å². The monoisotopic (exact) mass is 416 g/mol. The van der Waals surface area contributed by atoms with Crippen molar-refractivity contribution in [3.8, 4) is 17.2 Å². The molecule has 0 saturated heterocycles. The highest BCUT2D eigenvalue weighted by atomic mass is 16.5. The molecule has 0 saturated carbocycles. The predicted octanol–water partition coefficient (Wildman–Crippen LogP) is 4.04. The Morgan fingerprint density at radius 2 is 1.77 bits per heavy atom. The van der Waals surface area contributed by atoms with E-state index in [-0.39, 0.29) is 11.5 Å². The Morgan fingerprint density at radius 3 is 2.48 bits per heavy atom. The lowest BCUT2D eigenvalue weighted by atomic mass is 10.0. The maximum absolute atomic E-state index is 13.4. The van der Waals surface area contributed by atoms with Gasteiger partial charge in [-0.05, 0) is 62.4 Å². The van der Waals surface area contributed by atoms with E-state index in [0.717, 1.165) is 5.69 Å². The zero-order valence-electron chi connectivity index (χ0n) is 17.0. The third-order valence-corrected chi connectivity index (χ3v) is 4.99. The number of aryl methyl sites for hydroxylation is 1. The highest BCUT2D eigenvalue weighted by Crippen LogP contribution is 2.31. The van der Waals surface area contributed by atoms with Gasteiger partial charge in [-0.2, -0.15) is 0 Å². The molecule has 0 atom stereocenters. The lowest BCUT2D eigenvalue weighted by Crippen LogP contribution is -2.09. The standard InChI is InChI=1S/C24H20N2O5/c1-14-6-11-20-22(23(30)16-7-9-18(27)10-8-16)15(2)26(24(20)25-14)17-4-3-5-19(12-17)31-13-21(28)29/h3-12,27H,13H2,1-2H3,(H,28,29). The lowest BCUT2D eigenvalue weighted by Gasteiger charge is -2.11. The summed E-state index contributed by atoms with van der Waals surface area (Å²) < 4.78 is 7.18. The molecular formula is C24H20N2O5. The number of phenolic OH excluding ortho intramolecular Hbond substituents is 1. The van der Waals surface area contributed by atoms with Gasteiger partial charge in [-0.15, -0.1) is 0 Å². The van der Waals surface area contributed by atoms with Crippen LogP contribution in [-0.4, -0.2) is 38.1 Å². The summed E-state index contributed by atoms with van der Waals surface area (Å²) in [6.45, 7) is 3.27. The van der Waals surface area contributed by atoms with Gasteiger partial charge in [0, 0.05) is 28.4 Å². The number of carbonyl (C=O) groups is 2. The van der Waals surface area contributed by atoms with Crippen LogP contribution in [0.25, 0.3) is 16.7 Å². The van der Waals surface area contributed by atoms with E-state index in [9.17, 15) is 14.7 Å². The number of carboxylic acid groups (broad SMARTS) is 1. The summed E-state index contributed by atoms with van der Waals surface area (Å²) >= 11 is 0. The van der Waals surface area contributed by atoms with Gasteiger partial charge in [0.2, 0.25) is 0 Å². The van der Waals surface area contributed by atoms with Gasteiger partial charge < -0.3 is 14.9 Å². The Bertz CT molecular complexity index is 1310. The molecule has 0 unspecified atom stereocenters. The lowest BCUT2D eigenvalue weighted by molar-refractivity contribution is -0.139. The molecule has 0 amide bonds. The number of phenols is 1. The molecule has 0 radical (unpaired) electrons. The second-order valence-electron chi connectivity index (χ2n) is 7.18. The molecule has 31 heavy (non-hydrogen) atoms. The fourth-order valence-corrected chi connectivity index (χ4v) is 3.59. The summed E-state index contributed by atoms with van der Waals surface area (Å²) in [5.74, 6) is -0.747. The second kappa shape index (κ2) is 7.95. The topological polar surface area (TPSA) is 102 Å². The summed E-state index contributed by atoms with van der Waals surface area (Å²) in [7, 11) is 0. The van der Waals surface area contributed by atoms with E-state index in [1.807, 2.05) is 36.6 Å². The number of aromatic hydroxyl groups is 1. The molecule has 0 aliphatic rings. The van der Waals surface area contributed by atoms with E-state index in [1.54, 1.807) is 30.3 Å². The number of carboxylic acids is 1. The first-order valence-electron chi connectivity index (χ1n) is 9.62. The van der Waals surface area contributed by atoms with Crippen LogP contribution >= 0.6 is 0 Å². The van der Waals surface area contributed by atoms with Gasteiger partial charge in [-0.25, -0.2) is 9.78 Å². The van der Waals surface area contributed by atoms with Crippen molar-refractivity contribution in [2.45, 2.75) is 13.8 Å². The van der Waals surface area contributed by atoms with Crippen molar-refractivity contribution in [3.05, 3.63) is 83.2 Å². The summed E-state index contributed by atoms with van der Waals surface area (Å²) in [6, 6.07) is 16.9. The minimum atomic E-state index is -1.06. The van der Waals surface area contributed by atoms with E-state index in [2.05, 4.69) is 4.98 Å². The van der Waals surface area contributed by atoms with Gasteiger partial charge in [0.15, 0.2) is 12.4 Å². The van der Waals surface area contributed by atoms with Gasteiger partial charge in [0.25, 0.3) is 0 Å². The van der Waals surface area contributed by atoms with E-state index in [4.69, 9.17) is 9.84 Å². The highest BCUT2D eigenvalue weighted by Gasteiger charge is 2.23. The largest absolute Gasteiger partial charge is 0.508 e. The highest BCUT2D eigenvalue weighted by molar-refractivity contribution is 6.17. The molecule has 0 bridgehead atoms. The first-order chi connectivity index (χ1) is 14.8.